The molecule has 0 aromatic carbocycles. The summed E-state index contributed by atoms with van der Waals surface area (Å²) in [6, 6.07) is -0.408. The predicted molar refractivity (Wildman–Crippen MR) is 69.0 cm³/mol. The molecule has 0 saturated carbocycles. The highest BCUT2D eigenvalue weighted by Gasteiger charge is 2.31. The molecule has 0 aromatic heterocycles. The van der Waals surface area contributed by atoms with Gasteiger partial charge in [-0.15, -0.1) is 0 Å². The van der Waals surface area contributed by atoms with Crippen LogP contribution in [0.5, 0.6) is 0 Å². The molecule has 0 bridgehead atoms. The third-order valence-corrected chi connectivity index (χ3v) is 2.87. The Morgan fingerprint density at radius 2 is 2.12 bits per heavy atom. The molecule has 17 heavy (non-hydrogen) atoms. The molecule has 0 aromatic rings. The number of amides is 1. The summed E-state index contributed by atoms with van der Waals surface area (Å²) in [7, 11) is 0. The Bertz CT molecular complexity index is 333. The molecule has 1 unspecified atom stereocenters. The molecule has 96 valence electrons. The average molecular weight is 304 g/mol. The summed E-state index contributed by atoms with van der Waals surface area (Å²) in [5, 5.41) is 0.255. The number of carbonyl (C=O) groups is 2. The number of alkyl halides is 1. The lowest BCUT2D eigenvalue weighted by Crippen LogP contribution is -2.45. The van der Waals surface area contributed by atoms with E-state index in [9.17, 15) is 9.59 Å². The average Bonchev–Trinajstić information content (AvgIpc) is 2.25. The van der Waals surface area contributed by atoms with Crippen LogP contribution in [0.2, 0.25) is 0 Å². The Hall–Kier alpha value is -0.840. The number of hydrogen-bond acceptors (Lipinski definition) is 3. The fourth-order valence-corrected chi connectivity index (χ4v) is 1.97. The number of rotatable bonds is 2. The van der Waals surface area contributed by atoms with Crippen LogP contribution >= 0.6 is 15.9 Å². The molecule has 0 N–H and O–H groups in total. The monoisotopic (exact) mass is 303 g/mol. The third kappa shape index (κ3) is 4.15. The van der Waals surface area contributed by atoms with Gasteiger partial charge in [-0.1, -0.05) is 22.0 Å². The largest absolute Gasteiger partial charge is 0.443 e. The number of halogens is 1. The van der Waals surface area contributed by atoms with Crippen molar-refractivity contribution in [2.24, 2.45) is 0 Å². The Morgan fingerprint density at radius 1 is 1.47 bits per heavy atom. The highest BCUT2D eigenvalue weighted by Crippen LogP contribution is 2.20. The van der Waals surface area contributed by atoms with E-state index in [4.69, 9.17) is 4.74 Å². The van der Waals surface area contributed by atoms with Crippen LogP contribution in [0.25, 0.3) is 0 Å². The van der Waals surface area contributed by atoms with Crippen LogP contribution in [0.1, 0.15) is 33.6 Å². The standard InChI is InChI=1S/C12H18BrNO3/c1-12(2,3)17-11(16)14-7-5-4-6-9(14)10(15)8-13/h5,7,9H,4,6,8H2,1-3H3. The minimum atomic E-state index is -0.551. The van der Waals surface area contributed by atoms with Crippen LogP contribution in [-0.4, -0.2) is 33.7 Å². The molecule has 0 aliphatic carbocycles. The van der Waals surface area contributed by atoms with Gasteiger partial charge in [0.15, 0.2) is 5.78 Å². The van der Waals surface area contributed by atoms with E-state index in [1.54, 1.807) is 27.0 Å². The Balaban J connectivity index is 2.78. The lowest BCUT2D eigenvalue weighted by atomic mass is 10.0. The number of ketones is 1. The SMILES string of the molecule is CC(C)(C)OC(=O)N1C=CCCC1C(=O)CBr. The normalized spacial score (nSPS) is 20.2. The predicted octanol–water partition coefficient (Wildman–Crippen LogP) is 2.86. The molecular formula is C12H18BrNO3. The number of carbonyl (C=O) groups excluding carboxylic acids is 2. The van der Waals surface area contributed by atoms with Gasteiger partial charge in [0.1, 0.15) is 5.60 Å². The minimum absolute atomic E-state index is 0.000194. The Kier molecular flexibility index (Phi) is 4.74. The Morgan fingerprint density at radius 3 is 2.65 bits per heavy atom. The highest BCUT2D eigenvalue weighted by molar-refractivity contribution is 9.09. The first-order valence-electron chi connectivity index (χ1n) is 5.62. The minimum Gasteiger partial charge on any atom is -0.443 e. The van der Waals surface area contributed by atoms with E-state index >= 15 is 0 Å². The molecule has 5 heteroatoms. The van der Waals surface area contributed by atoms with Crippen molar-refractivity contribution in [3.8, 4) is 0 Å². The first kappa shape index (κ1) is 14.2. The van der Waals surface area contributed by atoms with E-state index in [1.165, 1.54) is 4.90 Å². The van der Waals surface area contributed by atoms with Crippen molar-refractivity contribution < 1.29 is 14.3 Å². The van der Waals surface area contributed by atoms with Crippen molar-refractivity contribution in [1.82, 2.24) is 4.90 Å². The second kappa shape index (κ2) is 5.67. The molecule has 1 aliphatic rings. The van der Waals surface area contributed by atoms with Gasteiger partial charge in [-0.05, 0) is 33.6 Å². The van der Waals surface area contributed by atoms with Gasteiger partial charge in [0.25, 0.3) is 0 Å². The van der Waals surface area contributed by atoms with Crippen molar-refractivity contribution in [3.63, 3.8) is 0 Å². The maximum Gasteiger partial charge on any atom is 0.414 e. The van der Waals surface area contributed by atoms with Gasteiger partial charge in [0.2, 0.25) is 0 Å². The first-order valence-corrected chi connectivity index (χ1v) is 6.74. The van der Waals surface area contributed by atoms with E-state index in [1.807, 2.05) is 6.08 Å². The Labute approximate surface area is 110 Å². The zero-order valence-corrected chi connectivity index (χ0v) is 12.0. The van der Waals surface area contributed by atoms with Crippen LogP contribution < -0.4 is 0 Å². The van der Waals surface area contributed by atoms with Gasteiger partial charge in [-0.25, -0.2) is 4.79 Å². The molecular weight excluding hydrogens is 286 g/mol. The van der Waals surface area contributed by atoms with Gasteiger partial charge >= 0.3 is 6.09 Å². The molecule has 4 nitrogen and oxygen atoms in total. The van der Waals surface area contributed by atoms with E-state index in [-0.39, 0.29) is 11.1 Å². The summed E-state index contributed by atoms with van der Waals surface area (Å²) >= 11 is 3.14. The summed E-state index contributed by atoms with van der Waals surface area (Å²) in [5.41, 5.74) is -0.551. The second-order valence-electron chi connectivity index (χ2n) is 4.97. The van der Waals surface area contributed by atoms with Crippen LogP contribution in [0.3, 0.4) is 0 Å². The summed E-state index contributed by atoms with van der Waals surface area (Å²) < 4.78 is 5.27. The number of Topliss-reactive ketones (excluding diaryl/α,β-unsaturated/α-hetero) is 1. The molecule has 1 rings (SSSR count). The van der Waals surface area contributed by atoms with Crippen molar-refractivity contribution in [2.45, 2.75) is 45.3 Å². The molecule has 1 heterocycles. The van der Waals surface area contributed by atoms with Crippen molar-refractivity contribution >= 4 is 27.8 Å². The van der Waals surface area contributed by atoms with Gasteiger partial charge in [0, 0.05) is 6.20 Å². The topological polar surface area (TPSA) is 46.6 Å². The lowest BCUT2D eigenvalue weighted by Gasteiger charge is -2.32. The van der Waals surface area contributed by atoms with E-state index in [0.717, 1.165) is 6.42 Å². The summed E-state index contributed by atoms with van der Waals surface area (Å²) in [4.78, 5) is 25.0. The quantitative estimate of drug-likeness (QED) is 0.737. The van der Waals surface area contributed by atoms with Gasteiger partial charge < -0.3 is 4.74 Å². The summed E-state index contributed by atoms with van der Waals surface area (Å²) in [6.45, 7) is 5.42. The zero-order valence-electron chi connectivity index (χ0n) is 10.4. The van der Waals surface area contributed by atoms with Crippen LogP contribution in [0, 0.1) is 0 Å². The van der Waals surface area contributed by atoms with E-state index < -0.39 is 17.7 Å². The fourth-order valence-electron chi connectivity index (χ4n) is 1.59. The van der Waals surface area contributed by atoms with Crippen molar-refractivity contribution in [3.05, 3.63) is 12.3 Å². The summed E-state index contributed by atoms with van der Waals surface area (Å²) in [5.74, 6) is 0.000194. The molecule has 0 saturated heterocycles. The number of allylic oxidation sites excluding steroid dienone is 1. The van der Waals surface area contributed by atoms with Gasteiger partial charge in [-0.3, -0.25) is 9.69 Å². The fraction of sp³-hybridized carbons (Fsp3) is 0.667. The van der Waals surface area contributed by atoms with Crippen LogP contribution in [-0.2, 0) is 9.53 Å². The molecule has 0 fully saturated rings. The maximum absolute atomic E-state index is 11.9. The zero-order chi connectivity index (χ0) is 13.1. The highest BCUT2D eigenvalue weighted by atomic mass is 79.9. The smallest absolute Gasteiger partial charge is 0.414 e. The van der Waals surface area contributed by atoms with E-state index in [0.29, 0.717) is 6.42 Å². The molecule has 1 atom stereocenters. The second-order valence-corrected chi connectivity index (χ2v) is 5.53. The van der Waals surface area contributed by atoms with Gasteiger partial charge in [-0.2, -0.15) is 0 Å². The van der Waals surface area contributed by atoms with Crippen LogP contribution in [0.4, 0.5) is 4.79 Å². The van der Waals surface area contributed by atoms with Crippen LogP contribution in [0.15, 0.2) is 12.3 Å². The summed E-state index contributed by atoms with van der Waals surface area (Å²) in [6.07, 6.45) is 4.51. The first-order chi connectivity index (χ1) is 7.85. The molecule has 1 amide bonds. The molecule has 1 aliphatic heterocycles. The number of hydrogen-bond donors (Lipinski definition) is 0. The lowest BCUT2D eigenvalue weighted by molar-refractivity contribution is -0.121. The van der Waals surface area contributed by atoms with Crippen molar-refractivity contribution in [1.29, 1.82) is 0 Å². The number of ether oxygens (including phenoxy) is 1. The van der Waals surface area contributed by atoms with Crippen molar-refractivity contribution in [2.75, 3.05) is 5.33 Å². The van der Waals surface area contributed by atoms with E-state index in [2.05, 4.69) is 15.9 Å². The molecule has 0 radical (unpaired) electrons. The maximum atomic E-state index is 11.9. The number of nitrogens with zero attached hydrogens (tertiary/aromatic N) is 1. The molecule has 0 spiro atoms. The third-order valence-electron chi connectivity index (χ3n) is 2.32. The van der Waals surface area contributed by atoms with Gasteiger partial charge in [0.05, 0.1) is 11.4 Å².